The molecule has 1 atom stereocenters. The second-order valence-electron chi connectivity index (χ2n) is 6.54. The molecular formula is C14H23N5O3S. The van der Waals surface area contributed by atoms with Crippen LogP contribution in [0.15, 0.2) is 5.51 Å². The standard InChI is InChI=1S/C14H23N5O3S/c1-10-7-19(13(21)22-14(2,3)4)6-5-18(10)8-11(20)16-12-17-15-9-23-12/h9-10H,5-8H2,1-4H3,(H,16,17,20)/t10-/m0/s1. The number of carbonyl (C=O) groups is 2. The van der Waals surface area contributed by atoms with Gasteiger partial charge in [-0.25, -0.2) is 4.79 Å². The minimum Gasteiger partial charge on any atom is -0.444 e. The Hall–Kier alpha value is -1.74. The first kappa shape index (κ1) is 17.6. The minimum atomic E-state index is -0.501. The summed E-state index contributed by atoms with van der Waals surface area (Å²) in [5.74, 6) is -0.126. The maximum Gasteiger partial charge on any atom is 0.410 e. The van der Waals surface area contributed by atoms with E-state index in [-0.39, 0.29) is 24.6 Å². The Morgan fingerprint density at radius 3 is 2.74 bits per heavy atom. The Kier molecular flexibility index (Phi) is 5.53. The van der Waals surface area contributed by atoms with Gasteiger partial charge < -0.3 is 9.64 Å². The number of ether oxygens (including phenoxy) is 1. The Morgan fingerprint density at radius 1 is 1.43 bits per heavy atom. The predicted octanol–water partition coefficient (Wildman–Crippen LogP) is 1.42. The van der Waals surface area contributed by atoms with E-state index in [1.807, 2.05) is 32.6 Å². The average Bonchev–Trinajstić information content (AvgIpc) is 2.91. The molecule has 0 unspecified atom stereocenters. The van der Waals surface area contributed by atoms with Crippen LogP contribution in [0.25, 0.3) is 0 Å². The quantitative estimate of drug-likeness (QED) is 0.894. The van der Waals surface area contributed by atoms with Gasteiger partial charge in [0.2, 0.25) is 11.0 Å². The van der Waals surface area contributed by atoms with E-state index in [1.165, 1.54) is 11.3 Å². The molecular weight excluding hydrogens is 318 g/mol. The molecule has 0 spiro atoms. The first-order valence-corrected chi connectivity index (χ1v) is 8.40. The molecule has 1 N–H and O–H groups in total. The molecule has 2 amide bonds. The van der Waals surface area contributed by atoms with Gasteiger partial charge in [0.05, 0.1) is 6.54 Å². The van der Waals surface area contributed by atoms with Crippen LogP contribution < -0.4 is 5.32 Å². The van der Waals surface area contributed by atoms with Crippen molar-refractivity contribution in [3.8, 4) is 0 Å². The Labute approximate surface area is 139 Å². The van der Waals surface area contributed by atoms with Crippen LogP contribution in [-0.2, 0) is 9.53 Å². The third-order valence-corrected chi connectivity index (χ3v) is 3.98. The van der Waals surface area contributed by atoms with E-state index in [4.69, 9.17) is 4.74 Å². The third kappa shape index (κ3) is 5.43. The summed E-state index contributed by atoms with van der Waals surface area (Å²) in [7, 11) is 0. The van der Waals surface area contributed by atoms with Crippen LogP contribution in [0.4, 0.5) is 9.93 Å². The predicted molar refractivity (Wildman–Crippen MR) is 87.4 cm³/mol. The van der Waals surface area contributed by atoms with Crippen molar-refractivity contribution in [2.24, 2.45) is 0 Å². The maximum absolute atomic E-state index is 12.1. The maximum atomic E-state index is 12.1. The fraction of sp³-hybridized carbons (Fsp3) is 0.714. The SMILES string of the molecule is C[C@H]1CN(C(=O)OC(C)(C)C)CCN1CC(=O)Nc1nncs1. The Morgan fingerprint density at radius 2 is 2.17 bits per heavy atom. The van der Waals surface area contributed by atoms with Gasteiger partial charge in [0, 0.05) is 25.7 Å². The number of amides is 2. The van der Waals surface area contributed by atoms with E-state index in [0.717, 1.165) is 0 Å². The number of hydrogen-bond acceptors (Lipinski definition) is 7. The zero-order valence-electron chi connectivity index (χ0n) is 13.9. The molecule has 1 aromatic heterocycles. The number of rotatable bonds is 3. The van der Waals surface area contributed by atoms with Crippen LogP contribution in [0.3, 0.4) is 0 Å². The summed E-state index contributed by atoms with van der Waals surface area (Å²) in [6.07, 6.45) is -0.303. The number of aromatic nitrogens is 2. The summed E-state index contributed by atoms with van der Waals surface area (Å²) in [6.45, 7) is 9.53. The van der Waals surface area contributed by atoms with E-state index in [1.54, 1.807) is 10.4 Å². The van der Waals surface area contributed by atoms with Crippen LogP contribution in [0.2, 0.25) is 0 Å². The molecule has 128 valence electrons. The van der Waals surface area contributed by atoms with Crippen LogP contribution in [-0.4, -0.2) is 69.8 Å². The van der Waals surface area contributed by atoms with Gasteiger partial charge in [-0.15, -0.1) is 10.2 Å². The number of nitrogens with zero attached hydrogens (tertiary/aromatic N) is 4. The van der Waals surface area contributed by atoms with E-state index in [0.29, 0.717) is 24.8 Å². The molecule has 2 heterocycles. The van der Waals surface area contributed by atoms with Gasteiger partial charge in [-0.2, -0.15) is 0 Å². The molecule has 0 radical (unpaired) electrons. The summed E-state index contributed by atoms with van der Waals surface area (Å²) in [6, 6.07) is 0.0800. The van der Waals surface area contributed by atoms with Crippen molar-refractivity contribution in [1.29, 1.82) is 0 Å². The molecule has 0 aromatic carbocycles. The lowest BCUT2D eigenvalue weighted by molar-refractivity contribution is -0.118. The zero-order valence-corrected chi connectivity index (χ0v) is 14.7. The number of hydrogen-bond donors (Lipinski definition) is 1. The van der Waals surface area contributed by atoms with Crippen LogP contribution >= 0.6 is 11.3 Å². The molecule has 1 saturated heterocycles. The lowest BCUT2D eigenvalue weighted by atomic mass is 10.2. The molecule has 8 nitrogen and oxygen atoms in total. The van der Waals surface area contributed by atoms with Crippen molar-refractivity contribution in [1.82, 2.24) is 20.0 Å². The summed E-state index contributed by atoms with van der Waals surface area (Å²) in [5, 5.41) is 10.7. The highest BCUT2D eigenvalue weighted by Crippen LogP contribution is 2.15. The average molecular weight is 341 g/mol. The first-order valence-electron chi connectivity index (χ1n) is 7.52. The number of nitrogens with one attached hydrogen (secondary N) is 1. The second-order valence-corrected chi connectivity index (χ2v) is 7.37. The third-order valence-electron chi connectivity index (χ3n) is 3.37. The van der Waals surface area contributed by atoms with E-state index < -0.39 is 5.60 Å². The molecule has 1 aliphatic heterocycles. The molecule has 23 heavy (non-hydrogen) atoms. The molecule has 9 heteroatoms. The summed E-state index contributed by atoms with van der Waals surface area (Å²) < 4.78 is 5.39. The van der Waals surface area contributed by atoms with Gasteiger partial charge in [0.15, 0.2) is 0 Å². The van der Waals surface area contributed by atoms with Crippen molar-refractivity contribution in [2.45, 2.75) is 39.3 Å². The number of piperazine rings is 1. The highest BCUT2D eigenvalue weighted by atomic mass is 32.1. The van der Waals surface area contributed by atoms with E-state index in [9.17, 15) is 9.59 Å². The number of carbonyl (C=O) groups excluding carboxylic acids is 2. The molecule has 0 saturated carbocycles. The minimum absolute atomic E-state index is 0.0800. The Balaban J connectivity index is 1.82. The Bertz CT molecular complexity index is 543. The molecule has 2 rings (SSSR count). The smallest absolute Gasteiger partial charge is 0.410 e. The molecule has 1 aliphatic rings. The topological polar surface area (TPSA) is 87.7 Å². The van der Waals surface area contributed by atoms with Crippen molar-refractivity contribution in [2.75, 3.05) is 31.5 Å². The van der Waals surface area contributed by atoms with Crippen molar-refractivity contribution in [3.63, 3.8) is 0 Å². The van der Waals surface area contributed by atoms with Gasteiger partial charge >= 0.3 is 6.09 Å². The van der Waals surface area contributed by atoms with Crippen LogP contribution in [0.1, 0.15) is 27.7 Å². The van der Waals surface area contributed by atoms with Crippen molar-refractivity contribution in [3.05, 3.63) is 5.51 Å². The van der Waals surface area contributed by atoms with Crippen molar-refractivity contribution >= 4 is 28.5 Å². The van der Waals surface area contributed by atoms with Crippen molar-refractivity contribution < 1.29 is 14.3 Å². The fourth-order valence-electron chi connectivity index (χ4n) is 2.29. The monoisotopic (exact) mass is 341 g/mol. The van der Waals surface area contributed by atoms with E-state index in [2.05, 4.69) is 15.5 Å². The van der Waals surface area contributed by atoms with Gasteiger partial charge in [-0.3, -0.25) is 15.0 Å². The molecule has 0 aliphatic carbocycles. The fourth-order valence-corrected chi connectivity index (χ4v) is 2.75. The van der Waals surface area contributed by atoms with Crippen LogP contribution in [0.5, 0.6) is 0 Å². The van der Waals surface area contributed by atoms with Gasteiger partial charge in [0.25, 0.3) is 0 Å². The summed E-state index contributed by atoms with van der Waals surface area (Å²) in [4.78, 5) is 27.8. The highest BCUT2D eigenvalue weighted by molar-refractivity contribution is 7.13. The van der Waals surface area contributed by atoms with E-state index >= 15 is 0 Å². The van der Waals surface area contributed by atoms with Crippen LogP contribution in [0, 0.1) is 0 Å². The summed E-state index contributed by atoms with van der Waals surface area (Å²) >= 11 is 1.28. The normalized spacial score (nSPS) is 19.5. The lowest BCUT2D eigenvalue weighted by Gasteiger charge is -2.39. The molecule has 0 bridgehead atoms. The van der Waals surface area contributed by atoms with Gasteiger partial charge in [0.1, 0.15) is 11.1 Å². The first-order chi connectivity index (χ1) is 10.7. The van der Waals surface area contributed by atoms with Gasteiger partial charge in [-0.05, 0) is 27.7 Å². The zero-order chi connectivity index (χ0) is 17.0. The molecule has 1 fully saturated rings. The largest absolute Gasteiger partial charge is 0.444 e. The second kappa shape index (κ2) is 7.22. The molecule has 1 aromatic rings. The summed E-state index contributed by atoms with van der Waals surface area (Å²) in [5.41, 5.74) is 1.07. The van der Waals surface area contributed by atoms with Gasteiger partial charge in [-0.1, -0.05) is 11.3 Å². The highest BCUT2D eigenvalue weighted by Gasteiger charge is 2.30. The lowest BCUT2D eigenvalue weighted by Crippen LogP contribution is -2.55. The number of anilines is 1.